The number of halogens is 1. The van der Waals surface area contributed by atoms with E-state index in [2.05, 4.69) is 48.2 Å². The molecule has 0 saturated carbocycles. The van der Waals surface area contributed by atoms with Crippen LogP contribution in [0, 0.1) is 3.57 Å². The third kappa shape index (κ3) is 2.93. The van der Waals surface area contributed by atoms with E-state index in [4.69, 9.17) is 0 Å². The fourth-order valence-electron chi connectivity index (χ4n) is 1.71. The van der Waals surface area contributed by atoms with Gasteiger partial charge in [0.25, 0.3) is 5.91 Å². The van der Waals surface area contributed by atoms with E-state index in [0.29, 0.717) is 10.8 Å². The summed E-state index contributed by atoms with van der Waals surface area (Å²) in [5.41, 5.74) is 1.41. The second-order valence-electron chi connectivity index (χ2n) is 4.07. The molecule has 0 bridgehead atoms. The van der Waals surface area contributed by atoms with Gasteiger partial charge in [0.2, 0.25) is 5.13 Å². The van der Waals surface area contributed by atoms with Crippen molar-refractivity contribution < 1.29 is 4.79 Å². The fourth-order valence-corrected chi connectivity index (χ4v) is 3.17. The number of aromatic nitrogens is 5. The molecule has 0 aliphatic heterocycles. The highest BCUT2D eigenvalue weighted by Gasteiger charge is 2.17. The summed E-state index contributed by atoms with van der Waals surface area (Å²) < 4.78 is 2.31. The van der Waals surface area contributed by atoms with Crippen LogP contribution in [-0.2, 0) is 7.05 Å². The van der Waals surface area contributed by atoms with Gasteiger partial charge in [-0.3, -0.25) is 19.8 Å². The summed E-state index contributed by atoms with van der Waals surface area (Å²) in [6.07, 6.45) is 5.01. The molecule has 1 N–H and O–H groups in total. The number of nitrogens with one attached hydrogen (secondary N) is 1. The minimum absolute atomic E-state index is 0.253. The molecule has 0 fully saturated rings. The molecule has 106 valence electrons. The number of hydrogen-bond donors (Lipinski definition) is 1. The Hall–Kier alpha value is -1.88. The lowest BCUT2D eigenvalue weighted by Crippen LogP contribution is -2.17. The Labute approximate surface area is 137 Å². The van der Waals surface area contributed by atoms with Gasteiger partial charge >= 0.3 is 0 Å². The number of amides is 1. The van der Waals surface area contributed by atoms with Crippen molar-refractivity contribution in [2.75, 3.05) is 5.32 Å². The first kappa shape index (κ1) is 14.1. The van der Waals surface area contributed by atoms with Gasteiger partial charge in [-0.15, -0.1) is 10.2 Å². The molecule has 3 rings (SSSR count). The summed E-state index contributed by atoms with van der Waals surface area (Å²) in [6.45, 7) is 0. The van der Waals surface area contributed by atoms with Crippen LogP contribution in [-0.4, -0.2) is 30.9 Å². The van der Waals surface area contributed by atoms with Crippen molar-refractivity contribution in [1.29, 1.82) is 0 Å². The molecular formula is C12H9IN6OS. The van der Waals surface area contributed by atoms with Crippen LogP contribution >= 0.6 is 33.9 Å². The number of aryl methyl sites for hydroxylation is 1. The minimum Gasteiger partial charge on any atom is -0.295 e. The summed E-state index contributed by atoms with van der Waals surface area (Å²) in [6, 6.07) is 3.69. The van der Waals surface area contributed by atoms with Crippen molar-refractivity contribution in [1.82, 2.24) is 25.0 Å². The Morgan fingerprint density at radius 3 is 2.76 bits per heavy atom. The Balaban J connectivity index is 1.81. The van der Waals surface area contributed by atoms with Crippen molar-refractivity contribution in [3.63, 3.8) is 0 Å². The molecule has 0 atom stereocenters. The second kappa shape index (κ2) is 5.85. The monoisotopic (exact) mass is 412 g/mol. The molecule has 7 nitrogen and oxygen atoms in total. The van der Waals surface area contributed by atoms with Crippen LogP contribution in [0.4, 0.5) is 5.13 Å². The molecule has 9 heteroatoms. The molecule has 0 spiro atoms. The normalized spacial score (nSPS) is 10.6. The predicted molar refractivity (Wildman–Crippen MR) is 87.0 cm³/mol. The Kier molecular flexibility index (Phi) is 3.92. The minimum atomic E-state index is -0.253. The van der Waals surface area contributed by atoms with Crippen LogP contribution in [0.2, 0.25) is 0 Å². The SMILES string of the molecule is Cn1ncc(I)c1C(=O)Nc1nnc(-c2ccncc2)s1. The van der Waals surface area contributed by atoms with E-state index in [1.165, 1.54) is 16.0 Å². The number of carbonyl (C=O) groups is 1. The van der Waals surface area contributed by atoms with Crippen LogP contribution in [0.25, 0.3) is 10.6 Å². The number of nitrogens with zero attached hydrogens (tertiary/aromatic N) is 5. The quantitative estimate of drug-likeness (QED) is 0.667. The topological polar surface area (TPSA) is 85.6 Å². The highest BCUT2D eigenvalue weighted by atomic mass is 127. The molecule has 0 unspecified atom stereocenters. The molecular weight excluding hydrogens is 403 g/mol. The Morgan fingerprint density at radius 2 is 2.10 bits per heavy atom. The molecule has 0 aromatic carbocycles. The summed E-state index contributed by atoms with van der Waals surface area (Å²) in [7, 11) is 1.72. The highest BCUT2D eigenvalue weighted by molar-refractivity contribution is 14.1. The highest BCUT2D eigenvalue weighted by Crippen LogP contribution is 2.26. The van der Waals surface area contributed by atoms with Crippen molar-refractivity contribution in [2.24, 2.45) is 7.05 Å². The van der Waals surface area contributed by atoms with Crippen LogP contribution in [0.3, 0.4) is 0 Å². The van der Waals surface area contributed by atoms with Gasteiger partial charge in [-0.25, -0.2) is 0 Å². The van der Waals surface area contributed by atoms with Crippen molar-refractivity contribution >= 4 is 45.0 Å². The lowest BCUT2D eigenvalue weighted by molar-refractivity contribution is 0.101. The van der Waals surface area contributed by atoms with E-state index in [9.17, 15) is 4.79 Å². The number of carbonyl (C=O) groups excluding carboxylic acids is 1. The Bertz CT molecular complexity index is 765. The van der Waals surface area contributed by atoms with E-state index in [-0.39, 0.29) is 5.91 Å². The molecule has 0 saturated heterocycles. The van der Waals surface area contributed by atoms with Crippen molar-refractivity contribution in [3.8, 4) is 10.6 Å². The lowest BCUT2D eigenvalue weighted by atomic mass is 10.3. The van der Waals surface area contributed by atoms with E-state index < -0.39 is 0 Å². The van der Waals surface area contributed by atoms with Crippen LogP contribution in [0.5, 0.6) is 0 Å². The summed E-state index contributed by atoms with van der Waals surface area (Å²) >= 11 is 3.38. The number of rotatable bonds is 3. The molecule has 0 aliphatic carbocycles. The van der Waals surface area contributed by atoms with Crippen molar-refractivity contribution in [2.45, 2.75) is 0 Å². The molecule has 21 heavy (non-hydrogen) atoms. The number of anilines is 1. The lowest BCUT2D eigenvalue weighted by Gasteiger charge is -2.01. The van der Waals surface area contributed by atoms with E-state index >= 15 is 0 Å². The summed E-state index contributed by atoms with van der Waals surface area (Å²) in [5.74, 6) is -0.253. The van der Waals surface area contributed by atoms with Gasteiger partial charge in [-0.05, 0) is 34.7 Å². The van der Waals surface area contributed by atoms with Crippen molar-refractivity contribution in [3.05, 3.63) is 40.0 Å². The van der Waals surface area contributed by atoms with Gasteiger partial charge < -0.3 is 0 Å². The second-order valence-corrected chi connectivity index (χ2v) is 6.21. The first-order valence-electron chi connectivity index (χ1n) is 5.88. The van der Waals surface area contributed by atoms with Crippen LogP contribution < -0.4 is 5.32 Å². The zero-order valence-corrected chi connectivity index (χ0v) is 13.8. The summed E-state index contributed by atoms with van der Waals surface area (Å²) in [5, 5.41) is 16.0. The number of pyridine rings is 1. The number of hydrogen-bond acceptors (Lipinski definition) is 6. The molecule has 3 aromatic rings. The maximum atomic E-state index is 12.2. The predicted octanol–water partition coefficient (Wildman–Crippen LogP) is 2.19. The largest absolute Gasteiger partial charge is 0.295 e. The zero-order chi connectivity index (χ0) is 14.8. The average Bonchev–Trinajstić information content (AvgIpc) is 3.07. The van der Waals surface area contributed by atoms with E-state index in [1.54, 1.807) is 25.6 Å². The maximum Gasteiger partial charge on any atom is 0.276 e. The van der Waals surface area contributed by atoms with Gasteiger partial charge in [0, 0.05) is 25.0 Å². The smallest absolute Gasteiger partial charge is 0.276 e. The molecule has 1 amide bonds. The average molecular weight is 412 g/mol. The van der Waals surface area contributed by atoms with Gasteiger partial charge in [0.1, 0.15) is 10.7 Å². The van der Waals surface area contributed by atoms with Gasteiger partial charge in [-0.2, -0.15) is 5.10 Å². The van der Waals surface area contributed by atoms with Gasteiger partial charge in [0.05, 0.1) is 9.77 Å². The van der Waals surface area contributed by atoms with E-state index in [1.807, 2.05) is 12.1 Å². The zero-order valence-electron chi connectivity index (χ0n) is 10.8. The fraction of sp³-hybridized carbons (Fsp3) is 0.0833. The van der Waals surface area contributed by atoms with Crippen LogP contribution in [0.15, 0.2) is 30.7 Å². The third-order valence-corrected chi connectivity index (χ3v) is 4.36. The first-order chi connectivity index (χ1) is 10.1. The molecule has 0 radical (unpaired) electrons. The van der Waals surface area contributed by atoms with Crippen LogP contribution in [0.1, 0.15) is 10.5 Å². The first-order valence-corrected chi connectivity index (χ1v) is 7.77. The maximum absolute atomic E-state index is 12.2. The molecule has 3 aromatic heterocycles. The van der Waals surface area contributed by atoms with Gasteiger partial charge in [0.15, 0.2) is 0 Å². The molecule has 0 aliphatic rings. The third-order valence-electron chi connectivity index (χ3n) is 2.68. The standard InChI is InChI=1S/C12H9IN6OS/c1-19-9(8(13)6-15-19)10(20)16-12-18-17-11(21-12)7-2-4-14-5-3-7/h2-6H,1H3,(H,16,18,20). The van der Waals surface area contributed by atoms with Gasteiger partial charge in [-0.1, -0.05) is 11.3 Å². The Morgan fingerprint density at radius 1 is 1.33 bits per heavy atom. The molecule has 3 heterocycles. The summed E-state index contributed by atoms with van der Waals surface area (Å²) in [4.78, 5) is 16.2. The van der Waals surface area contributed by atoms with E-state index in [0.717, 1.165) is 14.1 Å².